The summed E-state index contributed by atoms with van der Waals surface area (Å²) in [6, 6.07) is 19.5. The van der Waals surface area contributed by atoms with Gasteiger partial charge in [-0.1, -0.05) is 54.1 Å². The highest BCUT2D eigenvalue weighted by molar-refractivity contribution is 5.79. The maximum atomic E-state index is 5.59. The minimum absolute atomic E-state index is 0.263. The molecule has 0 aliphatic carbocycles. The van der Waals surface area contributed by atoms with E-state index in [2.05, 4.69) is 81.1 Å². The highest BCUT2D eigenvalue weighted by Crippen LogP contribution is 2.22. The number of ether oxygens (including phenoxy) is 1. The second kappa shape index (κ2) is 11.6. The van der Waals surface area contributed by atoms with Crippen molar-refractivity contribution in [3.05, 3.63) is 89.2 Å². The molecule has 4 rings (SSSR count). The molecule has 0 amide bonds. The Morgan fingerprint density at radius 1 is 1.06 bits per heavy atom. The monoisotopic (exact) mass is 446 g/mol. The number of hydrogen-bond donors (Lipinski definition) is 2. The molecule has 0 spiro atoms. The van der Waals surface area contributed by atoms with Crippen LogP contribution in [0.1, 0.15) is 28.3 Å². The summed E-state index contributed by atoms with van der Waals surface area (Å²) in [6.45, 7) is 7.81. The molecule has 0 saturated carbocycles. The van der Waals surface area contributed by atoms with Crippen LogP contribution in [0.5, 0.6) is 0 Å². The van der Waals surface area contributed by atoms with Crippen molar-refractivity contribution in [2.24, 2.45) is 4.99 Å². The van der Waals surface area contributed by atoms with E-state index in [1.165, 1.54) is 22.3 Å². The molecule has 2 N–H and O–H groups in total. The third-order valence-corrected chi connectivity index (χ3v) is 6.06. The van der Waals surface area contributed by atoms with Crippen LogP contribution in [0.25, 0.3) is 0 Å². The van der Waals surface area contributed by atoms with Crippen LogP contribution >= 0.6 is 0 Å². The van der Waals surface area contributed by atoms with E-state index in [0.717, 1.165) is 45.4 Å². The van der Waals surface area contributed by atoms with Gasteiger partial charge in [-0.15, -0.1) is 0 Å². The zero-order valence-electron chi connectivity index (χ0n) is 19.6. The Bertz CT molecular complexity index is 1030. The van der Waals surface area contributed by atoms with Crippen LogP contribution in [0.2, 0.25) is 0 Å². The van der Waals surface area contributed by atoms with Gasteiger partial charge < -0.3 is 15.4 Å². The summed E-state index contributed by atoms with van der Waals surface area (Å²) >= 11 is 0. The Hall–Kier alpha value is -3.16. The number of morpholine rings is 1. The normalized spacial score (nSPS) is 15.9. The van der Waals surface area contributed by atoms with Crippen LogP contribution < -0.4 is 10.6 Å². The van der Waals surface area contributed by atoms with E-state index in [4.69, 9.17) is 4.74 Å². The third-order valence-electron chi connectivity index (χ3n) is 6.06. The van der Waals surface area contributed by atoms with Gasteiger partial charge in [-0.05, 0) is 29.7 Å². The second-order valence-electron chi connectivity index (χ2n) is 8.36. The van der Waals surface area contributed by atoms with E-state index in [1.54, 1.807) is 0 Å². The Labute approximate surface area is 196 Å². The molecule has 1 aromatic heterocycles. The molecule has 2 aromatic carbocycles. The lowest BCUT2D eigenvalue weighted by molar-refractivity contribution is 0.0170. The largest absolute Gasteiger partial charge is 0.379 e. The molecule has 7 nitrogen and oxygen atoms in total. The summed E-state index contributed by atoms with van der Waals surface area (Å²) in [5.41, 5.74) is 5.08. The van der Waals surface area contributed by atoms with Gasteiger partial charge in [0.25, 0.3) is 0 Å². The van der Waals surface area contributed by atoms with E-state index in [-0.39, 0.29) is 6.04 Å². The number of benzene rings is 2. The summed E-state index contributed by atoms with van der Waals surface area (Å²) in [4.78, 5) is 6.97. The molecular formula is C26H34N6O. The van der Waals surface area contributed by atoms with Crippen LogP contribution in [0, 0.1) is 6.92 Å². The van der Waals surface area contributed by atoms with Gasteiger partial charge in [0.2, 0.25) is 0 Å². The summed E-state index contributed by atoms with van der Waals surface area (Å²) in [5.74, 6) is 0.801. The zero-order chi connectivity index (χ0) is 22.9. The average molecular weight is 447 g/mol. The standard InChI is InChI=1S/C26H34N6O/c1-21-7-5-10-22(17-21)25(31-13-15-33-16-14-31)19-29-26(27-2)28-18-23-8-3-4-9-24(23)20-32-12-6-11-30-32/h3-12,17,25H,13-16,18-20H2,1-2H3,(H2,27,28,29). The van der Waals surface area contributed by atoms with Crippen molar-refractivity contribution < 1.29 is 4.74 Å². The molecule has 3 aromatic rings. The van der Waals surface area contributed by atoms with Gasteiger partial charge >= 0.3 is 0 Å². The van der Waals surface area contributed by atoms with Crippen LogP contribution in [0.15, 0.2) is 72.0 Å². The fraction of sp³-hybridized carbons (Fsp3) is 0.385. The van der Waals surface area contributed by atoms with Crippen LogP contribution in [-0.2, 0) is 17.8 Å². The smallest absolute Gasteiger partial charge is 0.191 e. The number of aliphatic imine (C=N–C) groups is 1. The van der Waals surface area contributed by atoms with Gasteiger partial charge in [-0.25, -0.2) is 0 Å². The van der Waals surface area contributed by atoms with Crippen LogP contribution in [-0.4, -0.2) is 60.5 Å². The van der Waals surface area contributed by atoms with E-state index >= 15 is 0 Å². The van der Waals surface area contributed by atoms with Gasteiger partial charge in [0, 0.05) is 45.6 Å². The minimum atomic E-state index is 0.263. The first kappa shape index (κ1) is 23.0. The molecule has 1 aliphatic heterocycles. The van der Waals surface area contributed by atoms with Gasteiger partial charge in [-0.2, -0.15) is 5.10 Å². The zero-order valence-corrected chi connectivity index (χ0v) is 19.6. The molecule has 1 fully saturated rings. The first-order valence-corrected chi connectivity index (χ1v) is 11.6. The fourth-order valence-electron chi connectivity index (χ4n) is 4.27. The van der Waals surface area contributed by atoms with Crippen molar-refractivity contribution in [1.82, 2.24) is 25.3 Å². The van der Waals surface area contributed by atoms with Crippen LogP contribution in [0.4, 0.5) is 0 Å². The van der Waals surface area contributed by atoms with E-state index < -0.39 is 0 Å². The minimum Gasteiger partial charge on any atom is -0.379 e. The topological polar surface area (TPSA) is 66.7 Å². The second-order valence-corrected chi connectivity index (χ2v) is 8.36. The third kappa shape index (κ3) is 6.43. The first-order valence-electron chi connectivity index (χ1n) is 11.6. The number of hydrogen-bond acceptors (Lipinski definition) is 4. The number of aromatic nitrogens is 2. The fourth-order valence-corrected chi connectivity index (χ4v) is 4.27. The van der Waals surface area contributed by atoms with Gasteiger partial charge in [0.05, 0.1) is 25.8 Å². The quantitative estimate of drug-likeness (QED) is 0.411. The number of nitrogens with zero attached hydrogens (tertiary/aromatic N) is 4. The maximum Gasteiger partial charge on any atom is 0.191 e. The number of aryl methyl sites for hydroxylation is 1. The molecule has 1 saturated heterocycles. The van der Waals surface area contributed by atoms with Gasteiger partial charge in [0.15, 0.2) is 5.96 Å². The lowest BCUT2D eigenvalue weighted by atomic mass is 10.0. The molecule has 174 valence electrons. The predicted octanol–water partition coefficient (Wildman–Crippen LogP) is 2.98. The van der Waals surface area contributed by atoms with Gasteiger partial charge in [-0.3, -0.25) is 14.6 Å². The lowest BCUT2D eigenvalue weighted by Crippen LogP contribution is -2.46. The molecule has 0 radical (unpaired) electrons. The van der Waals surface area contributed by atoms with E-state index in [9.17, 15) is 0 Å². The SMILES string of the molecule is CN=C(NCc1ccccc1Cn1cccn1)NCC(c1cccc(C)c1)N1CCOCC1. The average Bonchev–Trinajstić information content (AvgIpc) is 3.36. The number of nitrogens with one attached hydrogen (secondary N) is 2. The van der Waals surface area contributed by atoms with Crippen molar-refractivity contribution in [3.8, 4) is 0 Å². The van der Waals surface area contributed by atoms with Crippen molar-refractivity contribution in [2.75, 3.05) is 39.9 Å². The number of rotatable bonds is 8. The predicted molar refractivity (Wildman–Crippen MR) is 132 cm³/mol. The van der Waals surface area contributed by atoms with Crippen molar-refractivity contribution in [3.63, 3.8) is 0 Å². The summed E-state index contributed by atoms with van der Waals surface area (Å²) in [7, 11) is 1.82. The number of guanidine groups is 1. The molecule has 0 bridgehead atoms. The molecular weight excluding hydrogens is 412 g/mol. The van der Waals surface area contributed by atoms with E-state index in [0.29, 0.717) is 6.54 Å². The van der Waals surface area contributed by atoms with Crippen molar-refractivity contribution in [2.45, 2.75) is 26.1 Å². The molecule has 33 heavy (non-hydrogen) atoms. The molecule has 2 heterocycles. The van der Waals surface area contributed by atoms with Gasteiger partial charge in [0.1, 0.15) is 0 Å². The lowest BCUT2D eigenvalue weighted by Gasteiger charge is -2.35. The Morgan fingerprint density at radius 3 is 2.61 bits per heavy atom. The maximum absolute atomic E-state index is 5.59. The van der Waals surface area contributed by atoms with Crippen molar-refractivity contribution >= 4 is 5.96 Å². The Morgan fingerprint density at radius 2 is 1.88 bits per heavy atom. The Balaban J connectivity index is 1.40. The van der Waals surface area contributed by atoms with Crippen LogP contribution in [0.3, 0.4) is 0 Å². The molecule has 1 unspecified atom stereocenters. The van der Waals surface area contributed by atoms with Crippen molar-refractivity contribution in [1.29, 1.82) is 0 Å². The summed E-state index contributed by atoms with van der Waals surface area (Å²) in [5, 5.41) is 11.4. The molecule has 7 heteroatoms. The molecule has 1 atom stereocenters. The Kier molecular flexibility index (Phi) is 8.11. The summed E-state index contributed by atoms with van der Waals surface area (Å²) in [6.07, 6.45) is 3.80. The highest BCUT2D eigenvalue weighted by Gasteiger charge is 2.23. The highest BCUT2D eigenvalue weighted by atomic mass is 16.5. The van der Waals surface area contributed by atoms with E-state index in [1.807, 2.05) is 30.2 Å². The first-order chi connectivity index (χ1) is 16.2. The molecule has 1 aliphatic rings. The summed E-state index contributed by atoms with van der Waals surface area (Å²) < 4.78 is 7.53.